The molecule has 0 bridgehead atoms. The van der Waals surface area contributed by atoms with Crippen LogP contribution in [0.15, 0.2) is 71.6 Å². The number of carbonyl (C=O) groups excluding carboxylic acids is 1. The highest BCUT2D eigenvalue weighted by molar-refractivity contribution is 7.92. The van der Waals surface area contributed by atoms with Crippen LogP contribution in [0.5, 0.6) is 17.2 Å². The third-order valence-corrected chi connectivity index (χ3v) is 7.89. The summed E-state index contributed by atoms with van der Waals surface area (Å²) < 4.78 is 44.9. The largest absolute Gasteiger partial charge is 0.497 e. The molecule has 1 amide bonds. The van der Waals surface area contributed by atoms with Crippen molar-refractivity contribution >= 4 is 21.6 Å². The zero-order chi connectivity index (χ0) is 27.9. The maximum Gasteiger partial charge on any atom is 0.264 e. The zero-order valence-electron chi connectivity index (χ0n) is 22.7. The van der Waals surface area contributed by atoms with Gasteiger partial charge in [-0.05, 0) is 61.2 Å². The fourth-order valence-electron chi connectivity index (χ4n) is 4.09. The molecule has 0 fully saturated rings. The molecule has 0 spiro atoms. The van der Waals surface area contributed by atoms with Gasteiger partial charge in [0.1, 0.15) is 23.8 Å². The molecule has 0 aliphatic rings. The van der Waals surface area contributed by atoms with Crippen molar-refractivity contribution in [2.75, 3.05) is 32.2 Å². The number of hydrogen-bond donors (Lipinski definition) is 1. The van der Waals surface area contributed by atoms with Gasteiger partial charge in [-0.25, -0.2) is 8.42 Å². The molecule has 0 aromatic heterocycles. The maximum atomic E-state index is 13.9. The summed E-state index contributed by atoms with van der Waals surface area (Å²) in [6, 6.07) is 18.5. The van der Waals surface area contributed by atoms with Crippen molar-refractivity contribution in [3.8, 4) is 17.2 Å². The third-order valence-electron chi connectivity index (χ3n) is 6.11. The monoisotopic (exact) mass is 540 g/mol. The molecule has 9 heteroatoms. The molecular weight excluding hydrogens is 504 g/mol. The number of anilines is 1. The first-order chi connectivity index (χ1) is 18.1. The Morgan fingerprint density at radius 3 is 2.03 bits per heavy atom. The van der Waals surface area contributed by atoms with E-state index < -0.39 is 22.5 Å². The van der Waals surface area contributed by atoms with Crippen LogP contribution in [-0.4, -0.2) is 42.2 Å². The van der Waals surface area contributed by atoms with Gasteiger partial charge in [-0.15, -0.1) is 0 Å². The van der Waals surface area contributed by atoms with E-state index in [2.05, 4.69) is 19.2 Å². The van der Waals surface area contributed by atoms with Gasteiger partial charge in [0, 0.05) is 6.07 Å². The standard InChI is InChI=1S/C29H36N2O6S/c1-20(2)17-26(22-9-11-23(35-4)12-10-22)30-29(32)19-31(27-18-24(36-5)13-16-28(27)37-6)38(33,34)25-14-7-21(3)8-15-25/h7-16,18,20,26H,17,19H2,1-6H3,(H,30,32). The average Bonchev–Trinajstić information content (AvgIpc) is 2.91. The maximum absolute atomic E-state index is 13.9. The van der Waals surface area contributed by atoms with E-state index in [0.29, 0.717) is 23.7 Å². The van der Waals surface area contributed by atoms with Crippen molar-refractivity contribution < 1.29 is 27.4 Å². The minimum atomic E-state index is -4.14. The molecule has 0 heterocycles. The number of amides is 1. The van der Waals surface area contributed by atoms with Crippen LogP contribution in [0.2, 0.25) is 0 Å². The Bertz CT molecular complexity index is 1320. The van der Waals surface area contributed by atoms with Crippen LogP contribution in [0, 0.1) is 12.8 Å². The van der Waals surface area contributed by atoms with Crippen LogP contribution in [0.1, 0.15) is 37.4 Å². The number of sulfonamides is 1. The molecule has 1 unspecified atom stereocenters. The summed E-state index contributed by atoms with van der Waals surface area (Å²) in [5, 5.41) is 3.04. The van der Waals surface area contributed by atoms with E-state index in [1.807, 2.05) is 31.2 Å². The van der Waals surface area contributed by atoms with Gasteiger partial charge < -0.3 is 19.5 Å². The Balaban J connectivity index is 2.01. The van der Waals surface area contributed by atoms with E-state index in [9.17, 15) is 13.2 Å². The Kier molecular flexibility index (Phi) is 9.63. The zero-order valence-corrected chi connectivity index (χ0v) is 23.5. The van der Waals surface area contributed by atoms with E-state index >= 15 is 0 Å². The second kappa shape index (κ2) is 12.7. The second-order valence-corrected chi connectivity index (χ2v) is 11.2. The fraction of sp³-hybridized carbons (Fsp3) is 0.345. The average molecular weight is 541 g/mol. The molecule has 0 aliphatic carbocycles. The number of nitrogens with one attached hydrogen (secondary N) is 1. The third kappa shape index (κ3) is 6.98. The van der Waals surface area contributed by atoms with E-state index in [4.69, 9.17) is 14.2 Å². The number of rotatable bonds is 12. The molecule has 3 aromatic rings. The summed E-state index contributed by atoms with van der Waals surface area (Å²) in [4.78, 5) is 13.6. The van der Waals surface area contributed by atoms with Gasteiger partial charge in [-0.2, -0.15) is 0 Å². The van der Waals surface area contributed by atoms with Crippen LogP contribution < -0.4 is 23.8 Å². The smallest absolute Gasteiger partial charge is 0.264 e. The van der Waals surface area contributed by atoms with Crippen LogP contribution >= 0.6 is 0 Å². The summed E-state index contributed by atoms with van der Waals surface area (Å²) in [5.41, 5.74) is 2.02. The topological polar surface area (TPSA) is 94.2 Å². The van der Waals surface area contributed by atoms with E-state index in [1.165, 1.54) is 26.4 Å². The van der Waals surface area contributed by atoms with Crippen molar-refractivity contribution in [3.05, 3.63) is 77.9 Å². The van der Waals surface area contributed by atoms with Crippen LogP contribution in [0.4, 0.5) is 5.69 Å². The summed E-state index contributed by atoms with van der Waals surface area (Å²) in [5.74, 6) is 1.27. The highest BCUT2D eigenvalue weighted by atomic mass is 32.2. The fourth-order valence-corrected chi connectivity index (χ4v) is 5.51. The van der Waals surface area contributed by atoms with Crippen molar-refractivity contribution in [1.29, 1.82) is 0 Å². The van der Waals surface area contributed by atoms with Gasteiger partial charge in [0.15, 0.2) is 0 Å². The molecule has 0 aliphatic heterocycles. The van der Waals surface area contributed by atoms with E-state index in [-0.39, 0.29) is 22.5 Å². The lowest BCUT2D eigenvalue weighted by molar-refractivity contribution is -0.120. The Labute approximate surface area is 225 Å². The minimum Gasteiger partial charge on any atom is -0.497 e. The van der Waals surface area contributed by atoms with Crippen LogP contribution in [0.25, 0.3) is 0 Å². The summed E-state index contributed by atoms with van der Waals surface area (Å²) >= 11 is 0. The first-order valence-corrected chi connectivity index (χ1v) is 13.8. The molecule has 3 aromatic carbocycles. The van der Waals surface area contributed by atoms with Gasteiger partial charge in [0.05, 0.1) is 38.0 Å². The van der Waals surface area contributed by atoms with E-state index in [0.717, 1.165) is 15.4 Å². The lowest BCUT2D eigenvalue weighted by Crippen LogP contribution is -2.42. The van der Waals surface area contributed by atoms with Gasteiger partial charge in [0.25, 0.3) is 10.0 Å². The Hall–Kier alpha value is -3.72. The number of nitrogens with zero attached hydrogens (tertiary/aromatic N) is 1. The SMILES string of the molecule is COc1ccc(C(CC(C)C)NC(=O)CN(c2cc(OC)ccc2OC)S(=O)(=O)c2ccc(C)cc2)cc1. The highest BCUT2D eigenvalue weighted by Gasteiger charge is 2.31. The quantitative estimate of drug-likeness (QED) is 0.343. The van der Waals surface area contributed by atoms with Gasteiger partial charge in [-0.1, -0.05) is 43.7 Å². The van der Waals surface area contributed by atoms with Gasteiger partial charge in [-0.3, -0.25) is 9.10 Å². The van der Waals surface area contributed by atoms with Crippen molar-refractivity contribution in [1.82, 2.24) is 5.32 Å². The minimum absolute atomic E-state index is 0.0645. The van der Waals surface area contributed by atoms with Crippen molar-refractivity contribution in [2.45, 2.75) is 38.1 Å². The number of benzene rings is 3. The molecule has 0 radical (unpaired) electrons. The molecule has 0 saturated heterocycles. The second-order valence-electron chi connectivity index (χ2n) is 9.39. The summed E-state index contributed by atoms with van der Waals surface area (Å²) in [6.45, 7) is 5.56. The number of ether oxygens (including phenoxy) is 3. The molecule has 3 rings (SSSR count). The normalized spacial score (nSPS) is 12.1. The Morgan fingerprint density at radius 2 is 1.47 bits per heavy atom. The molecule has 38 heavy (non-hydrogen) atoms. The summed E-state index contributed by atoms with van der Waals surface area (Å²) in [7, 11) is 0.397. The predicted molar refractivity (Wildman–Crippen MR) is 149 cm³/mol. The molecule has 0 saturated carbocycles. The van der Waals surface area contributed by atoms with Crippen LogP contribution in [-0.2, 0) is 14.8 Å². The molecule has 1 N–H and O–H groups in total. The summed E-state index contributed by atoms with van der Waals surface area (Å²) in [6.07, 6.45) is 0.672. The Morgan fingerprint density at radius 1 is 0.868 bits per heavy atom. The lowest BCUT2D eigenvalue weighted by Gasteiger charge is -2.28. The predicted octanol–water partition coefficient (Wildman–Crippen LogP) is 5.12. The lowest BCUT2D eigenvalue weighted by atomic mass is 9.97. The number of hydrogen-bond acceptors (Lipinski definition) is 6. The molecule has 8 nitrogen and oxygen atoms in total. The molecule has 1 atom stereocenters. The van der Waals surface area contributed by atoms with Gasteiger partial charge >= 0.3 is 0 Å². The van der Waals surface area contributed by atoms with Crippen molar-refractivity contribution in [3.63, 3.8) is 0 Å². The number of carbonyl (C=O) groups is 1. The number of aryl methyl sites for hydroxylation is 1. The van der Waals surface area contributed by atoms with Gasteiger partial charge in [0.2, 0.25) is 5.91 Å². The molecular formula is C29H36N2O6S. The van der Waals surface area contributed by atoms with E-state index in [1.54, 1.807) is 37.4 Å². The first-order valence-electron chi connectivity index (χ1n) is 12.3. The number of methoxy groups -OCH3 is 3. The molecule has 204 valence electrons. The van der Waals surface area contributed by atoms with Crippen molar-refractivity contribution in [2.24, 2.45) is 5.92 Å². The highest BCUT2D eigenvalue weighted by Crippen LogP contribution is 2.36. The van der Waals surface area contributed by atoms with Crippen LogP contribution in [0.3, 0.4) is 0 Å². The first kappa shape index (κ1) is 28.8.